The molecular weight excluding hydrogens is 284 g/mol. The molecule has 2 atom stereocenters. The number of amides is 1. The van der Waals surface area contributed by atoms with E-state index in [9.17, 15) is 4.79 Å². The van der Waals surface area contributed by atoms with Crippen LogP contribution in [0.3, 0.4) is 0 Å². The molecule has 0 aromatic heterocycles. The Morgan fingerprint density at radius 1 is 1.48 bits per heavy atom. The number of hydrogen-bond donors (Lipinski definition) is 1. The molecule has 0 radical (unpaired) electrons. The molecular formula is C16H24N2O2S. The number of hydrogen-bond acceptors (Lipinski definition) is 4. The van der Waals surface area contributed by atoms with Crippen molar-refractivity contribution in [2.75, 3.05) is 26.0 Å². The molecule has 1 heterocycles. The van der Waals surface area contributed by atoms with E-state index < -0.39 is 0 Å². The average molecular weight is 308 g/mol. The third-order valence-electron chi connectivity index (χ3n) is 3.91. The summed E-state index contributed by atoms with van der Waals surface area (Å²) in [6.07, 6.45) is 2.23. The van der Waals surface area contributed by atoms with Crippen LogP contribution in [0, 0.1) is 5.92 Å². The summed E-state index contributed by atoms with van der Waals surface area (Å²) in [5, 5.41) is 0. The van der Waals surface area contributed by atoms with Crippen molar-refractivity contribution in [2.24, 2.45) is 11.7 Å². The van der Waals surface area contributed by atoms with E-state index in [1.165, 1.54) is 0 Å². The predicted octanol–water partition coefficient (Wildman–Crippen LogP) is 2.37. The molecule has 116 valence electrons. The van der Waals surface area contributed by atoms with Gasteiger partial charge in [0.1, 0.15) is 5.75 Å². The summed E-state index contributed by atoms with van der Waals surface area (Å²) in [7, 11) is 1.65. The molecule has 1 aromatic carbocycles. The minimum absolute atomic E-state index is 0.135. The first kappa shape index (κ1) is 16.2. The number of nitrogens with two attached hydrogens (primary N) is 1. The lowest BCUT2D eigenvalue weighted by molar-refractivity contribution is -0.127. The minimum Gasteiger partial charge on any atom is -0.497 e. The molecule has 1 aliphatic heterocycles. The van der Waals surface area contributed by atoms with Gasteiger partial charge in [0.05, 0.1) is 12.9 Å². The van der Waals surface area contributed by atoms with Gasteiger partial charge in [0.2, 0.25) is 5.91 Å². The van der Waals surface area contributed by atoms with Crippen molar-refractivity contribution < 1.29 is 9.53 Å². The molecule has 1 fully saturated rings. The topological polar surface area (TPSA) is 55.6 Å². The number of carbonyl (C=O) groups excluding carboxylic acids is 1. The van der Waals surface area contributed by atoms with Crippen molar-refractivity contribution in [3.8, 4) is 5.75 Å². The molecule has 0 saturated carbocycles. The normalized spacial score (nSPS) is 21.6. The van der Waals surface area contributed by atoms with Gasteiger partial charge in [-0.3, -0.25) is 4.79 Å². The summed E-state index contributed by atoms with van der Waals surface area (Å²) in [6.45, 7) is 3.67. The molecule has 2 N–H and O–H groups in total. The highest BCUT2D eigenvalue weighted by atomic mass is 32.2. The first-order valence-corrected chi connectivity index (χ1v) is 8.42. The lowest BCUT2D eigenvalue weighted by Crippen LogP contribution is -2.33. The molecule has 0 aliphatic carbocycles. The monoisotopic (exact) mass is 308 g/mol. The molecule has 1 amide bonds. The van der Waals surface area contributed by atoms with Crippen molar-refractivity contribution in [3.63, 3.8) is 0 Å². The van der Waals surface area contributed by atoms with Crippen molar-refractivity contribution in [3.05, 3.63) is 24.3 Å². The van der Waals surface area contributed by atoms with E-state index in [1.54, 1.807) is 18.9 Å². The Kier molecular flexibility index (Phi) is 5.94. The van der Waals surface area contributed by atoms with Gasteiger partial charge in [-0.1, -0.05) is 19.4 Å². The largest absolute Gasteiger partial charge is 0.497 e. The van der Waals surface area contributed by atoms with E-state index >= 15 is 0 Å². The van der Waals surface area contributed by atoms with E-state index in [0.29, 0.717) is 18.2 Å². The SMILES string of the molecule is CCC[C@H]1CN(C(=O)CSc2cccc(OC)c2)C[C@@H]1N. The fourth-order valence-corrected chi connectivity index (χ4v) is 3.55. The van der Waals surface area contributed by atoms with Crippen LogP contribution in [0.25, 0.3) is 0 Å². The third-order valence-corrected chi connectivity index (χ3v) is 4.89. The van der Waals surface area contributed by atoms with Gasteiger partial charge in [-0.25, -0.2) is 0 Å². The maximum absolute atomic E-state index is 12.3. The van der Waals surface area contributed by atoms with Gasteiger partial charge in [-0.2, -0.15) is 0 Å². The molecule has 0 unspecified atom stereocenters. The summed E-state index contributed by atoms with van der Waals surface area (Å²) in [6, 6.07) is 7.93. The quantitative estimate of drug-likeness (QED) is 0.820. The van der Waals surface area contributed by atoms with Gasteiger partial charge in [0.15, 0.2) is 0 Å². The van der Waals surface area contributed by atoms with Gasteiger partial charge >= 0.3 is 0 Å². The Bertz CT molecular complexity index is 481. The van der Waals surface area contributed by atoms with Crippen LogP contribution >= 0.6 is 11.8 Å². The molecule has 21 heavy (non-hydrogen) atoms. The van der Waals surface area contributed by atoms with E-state index in [0.717, 1.165) is 30.0 Å². The highest BCUT2D eigenvalue weighted by Gasteiger charge is 2.31. The van der Waals surface area contributed by atoms with Crippen LogP contribution in [0.1, 0.15) is 19.8 Å². The van der Waals surface area contributed by atoms with Crippen molar-refractivity contribution >= 4 is 17.7 Å². The van der Waals surface area contributed by atoms with Crippen LogP contribution in [-0.4, -0.2) is 42.8 Å². The number of benzene rings is 1. The smallest absolute Gasteiger partial charge is 0.232 e. The number of carbonyl (C=O) groups is 1. The van der Waals surface area contributed by atoms with E-state index in [-0.39, 0.29) is 11.9 Å². The minimum atomic E-state index is 0.135. The maximum atomic E-state index is 12.3. The Hall–Kier alpha value is -1.20. The number of ether oxygens (including phenoxy) is 1. The van der Waals surface area contributed by atoms with Crippen LogP contribution in [0.2, 0.25) is 0 Å². The first-order chi connectivity index (χ1) is 10.1. The van der Waals surface area contributed by atoms with Crippen molar-refractivity contribution in [1.82, 2.24) is 4.90 Å². The molecule has 1 saturated heterocycles. The van der Waals surface area contributed by atoms with Gasteiger partial charge in [0.25, 0.3) is 0 Å². The summed E-state index contributed by atoms with van der Waals surface area (Å²) < 4.78 is 5.19. The second kappa shape index (κ2) is 7.71. The first-order valence-electron chi connectivity index (χ1n) is 7.44. The Balaban J connectivity index is 1.84. The summed E-state index contributed by atoms with van der Waals surface area (Å²) in [5.74, 6) is 1.91. The molecule has 2 rings (SSSR count). The van der Waals surface area contributed by atoms with Crippen LogP contribution in [-0.2, 0) is 4.79 Å². The zero-order valence-electron chi connectivity index (χ0n) is 12.7. The van der Waals surface area contributed by atoms with Crippen molar-refractivity contribution in [1.29, 1.82) is 0 Å². The molecule has 1 aliphatic rings. The zero-order chi connectivity index (χ0) is 15.2. The van der Waals surface area contributed by atoms with Gasteiger partial charge in [-0.15, -0.1) is 11.8 Å². The average Bonchev–Trinajstić information content (AvgIpc) is 2.87. The summed E-state index contributed by atoms with van der Waals surface area (Å²) >= 11 is 1.55. The highest BCUT2D eigenvalue weighted by molar-refractivity contribution is 8.00. The highest BCUT2D eigenvalue weighted by Crippen LogP contribution is 2.25. The van der Waals surface area contributed by atoms with Crippen molar-refractivity contribution in [2.45, 2.75) is 30.7 Å². The van der Waals surface area contributed by atoms with Gasteiger partial charge < -0.3 is 15.4 Å². The number of thioether (sulfide) groups is 1. The zero-order valence-corrected chi connectivity index (χ0v) is 13.6. The number of rotatable bonds is 6. The lowest BCUT2D eigenvalue weighted by Gasteiger charge is -2.16. The fraction of sp³-hybridized carbons (Fsp3) is 0.562. The van der Waals surface area contributed by atoms with Crippen LogP contribution < -0.4 is 10.5 Å². The number of nitrogens with zero attached hydrogens (tertiary/aromatic N) is 1. The van der Waals surface area contributed by atoms with E-state index in [2.05, 4.69) is 6.92 Å². The molecule has 1 aromatic rings. The standard InChI is InChI=1S/C16H24N2O2S/c1-3-5-12-9-18(10-15(12)17)16(19)11-21-14-7-4-6-13(8-14)20-2/h4,6-8,12,15H,3,5,9-11,17H2,1-2H3/t12-,15-/m0/s1. The lowest BCUT2D eigenvalue weighted by atomic mass is 9.99. The molecule has 0 spiro atoms. The number of methoxy groups -OCH3 is 1. The Morgan fingerprint density at radius 2 is 2.29 bits per heavy atom. The number of likely N-dealkylation sites (tertiary alicyclic amines) is 1. The second-order valence-electron chi connectivity index (χ2n) is 5.48. The van der Waals surface area contributed by atoms with Gasteiger partial charge in [-0.05, 0) is 30.5 Å². The maximum Gasteiger partial charge on any atom is 0.232 e. The molecule has 4 nitrogen and oxygen atoms in total. The van der Waals surface area contributed by atoms with Crippen LogP contribution in [0.5, 0.6) is 5.75 Å². The van der Waals surface area contributed by atoms with E-state index in [4.69, 9.17) is 10.5 Å². The van der Waals surface area contributed by atoms with E-state index in [1.807, 2.05) is 29.2 Å². The molecule has 0 bridgehead atoms. The summed E-state index contributed by atoms with van der Waals surface area (Å²) in [4.78, 5) is 15.3. The second-order valence-corrected chi connectivity index (χ2v) is 6.53. The van der Waals surface area contributed by atoms with Gasteiger partial charge in [0, 0.05) is 24.0 Å². The Morgan fingerprint density at radius 3 is 3.00 bits per heavy atom. The summed E-state index contributed by atoms with van der Waals surface area (Å²) in [5.41, 5.74) is 6.12. The molecule has 5 heteroatoms. The van der Waals surface area contributed by atoms with Crippen LogP contribution in [0.15, 0.2) is 29.2 Å². The fourth-order valence-electron chi connectivity index (χ4n) is 2.70. The van der Waals surface area contributed by atoms with Crippen LogP contribution in [0.4, 0.5) is 0 Å². The predicted molar refractivity (Wildman–Crippen MR) is 86.7 cm³/mol. The Labute approximate surface area is 131 Å². The third kappa shape index (κ3) is 4.38.